The zero-order valence-electron chi connectivity index (χ0n) is 59.8. The SMILES string of the molecule is CCCCn1c(=O)c2c(nc(Br)n2Cc2ccc(Cl)cc2)n(C)c1=O.CCCCn1c(=O)c2c(nc(OCCOC3CCCCC3)n2Cc2ccc(Cl)cc2)n(C)c1=O.Cn1c(=O)n(CCCO)c(=O)c2c1nc(OCCOC1CCCCC1)n2Cc1ccc(Cl)cc1.OCCOC1CCCCC1. The van der Waals surface area contributed by atoms with Crippen LogP contribution in [0.3, 0.4) is 0 Å². The van der Waals surface area contributed by atoms with Crippen molar-refractivity contribution in [3.63, 3.8) is 0 Å². The Kier molecular flexibility index (Phi) is 30.9. The third kappa shape index (κ3) is 21.1. The Balaban J connectivity index is 0.000000169. The zero-order valence-corrected chi connectivity index (χ0v) is 63.6. The maximum absolute atomic E-state index is 13.4. The van der Waals surface area contributed by atoms with Crippen molar-refractivity contribution in [1.29, 1.82) is 0 Å². The fourth-order valence-electron chi connectivity index (χ4n) is 13.1. The van der Waals surface area contributed by atoms with Crippen LogP contribution in [0.5, 0.6) is 12.0 Å². The highest BCUT2D eigenvalue weighted by molar-refractivity contribution is 9.10. The molecule has 0 spiro atoms. The Morgan fingerprint density at radius 3 is 1.05 bits per heavy atom. The van der Waals surface area contributed by atoms with E-state index >= 15 is 0 Å². The standard InChI is InChI=1S/C25H33ClN4O4.C24H31ClN4O5.C17H18BrClN4O2.C8H16O2/c1-3-4-14-29-23(31)21-22(28(2)25(29)32)27-24(30(21)17-18-10-12-19(26)13-11-18)34-16-15-33-20-8-6-5-7-9-20;1-27-21-20(22(31)28(24(27)32)12-5-13-30)29(16-17-8-10-18(25)11-9-17)23(26-21)34-15-14-33-19-6-3-2-4-7-19;1-3-4-9-22-15(24)13-14(21(2)17(22)25)20-16(18)23(13)10-11-5-7-12(19)8-6-11;9-6-7-10-8-4-2-1-3-5-8/h10-13,20H,3-9,14-17H2,1-2H3;8-11,19,30H,2-7,12-16H2,1H3;5-8H,3-4,9-10H2,1-2H3;8-9H,1-7H2. The molecule has 3 saturated carbocycles. The first-order valence-electron chi connectivity index (χ1n) is 36.2. The number of unbranched alkanes of at least 4 members (excludes halogenated alkanes) is 2. The van der Waals surface area contributed by atoms with Crippen LogP contribution in [0.1, 0.15) is 159 Å². The van der Waals surface area contributed by atoms with E-state index in [1.54, 1.807) is 59.1 Å². The van der Waals surface area contributed by atoms with Gasteiger partial charge >= 0.3 is 17.1 Å². The van der Waals surface area contributed by atoms with E-state index in [9.17, 15) is 33.9 Å². The van der Waals surface area contributed by atoms with E-state index in [2.05, 4.69) is 30.9 Å². The molecule has 0 aliphatic heterocycles. The van der Waals surface area contributed by atoms with Crippen LogP contribution in [-0.2, 0) is 74.6 Å². The molecule has 560 valence electrons. The molecule has 3 fully saturated rings. The lowest BCUT2D eigenvalue weighted by atomic mass is 9.98. The molecule has 29 heteroatoms. The van der Waals surface area contributed by atoms with Crippen molar-refractivity contribution < 1.29 is 33.9 Å². The number of ether oxygens (including phenoxy) is 5. The van der Waals surface area contributed by atoms with E-state index < -0.39 is 11.2 Å². The molecule has 2 N–H and O–H groups in total. The van der Waals surface area contributed by atoms with Gasteiger partial charge in [0.15, 0.2) is 38.2 Å². The monoisotopic (exact) mass is 1550 g/mol. The molecule has 0 bridgehead atoms. The van der Waals surface area contributed by atoms with Crippen molar-refractivity contribution in [2.75, 3.05) is 46.2 Å². The first-order chi connectivity index (χ1) is 49.8. The topological polar surface area (TPSA) is 272 Å². The summed E-state index contributed by atoms with van der Waals surface area (Å²) in [6.45, 7) is 8.13. The van der Waals surface area contributed by atoms with Crippen LogP contribution in [0.2, 0.25) is 15.1 Å². The number of imidazole rings is 3. The van der Waals surface area contributed by atoms with Gasteiger partial charge in [-0.2, -0.15) is 9.97 Å². The highest BCUT2D eigenvalue weighted by Gasteiger charge is 2.26. The maximum Gasteiger partial charge on any atom is 0.332 e. The summed E-state index contributed by atoms with van der Waals surface area (Å²) in [7, 11) is 4.86. The van der Waals surface area contributed by atoms with Gasteiger partial charge in [-0.05, 0) is 127 Å². The molecule has 3 aromatic carbocycles. The predicted molar refractivity (Wildman–Crippen MR) is 405 cm³/mol. The average molecular weight is 1550 g/mol. The van der Waals surface area contributed by atoms with Crippen LogP contribution in [0, 0.1) is 0 Å². The molecule has 0 radical (unpaired) electrons. The van der Waals surface area contributed by atoms with E-state index in [0.29, 0.717) is 120 Å². The molecular weight excluding hydrogens is 1450 g/mol. The number of aromatic nitrogens is 12. The number of benzene rings is 3. The lowest BCUT2D eigenvalue weighted by molar-refractivity contribution is 0.00882. The number of hydrogen-bond donors (Lipinski definition) is 2. The third-order valence-corrected chi connectivity index (χ3v) is 20.2. The molecular formula is C74H98BrCl3N12O13. The minimum atomic E-state index is -0.478. The van der Waals surface area contributed by atoms with Crippen LogP contribution < -0.4 is 43.2 Å². The first-order valence-corrected chi connectivity index (χ1v) is 38.1. The van der Waals surface area contributed by atoms with Crippen LogP contribution in [0.4, 0.5) is 0 Å². The number of fused-ring (bicyclic) bond motifs is 3. The van der Waals surface area contributed by atoms with E-state index in [-0.39, 0.29) is 78.2 Å². The smallest absolute Gasteiger partial charge is 0.332 e. The van der Waals surface area contributed by atoms with Crippen molar-refractivity contribution in [3.8, 4) is 12.0 Å². The van der Waals surface area contributed by atoms with Crippen LogP contribution in [0.15, 0.2) is 106 Å². The number of rotatable bonds is 28. The number of hydrogen-bond acceptors (Lipinski definition) is 16. The zero-order chi connectivity index (χ0) is 73.5. The van der Waals surface area contributed by atoms with Crippen molar-refractivity contribution >= 4 is 84.2 Å². The predicted octanol–water partition coefficient (Wildman–Crippen LogP) is 11.3. The van der Waals surface area contributed by atoms with Gasteiger partial charge in [0, 0.05) is 62.5 Å². The summed E-state index contributed by atoms with van der Waals surface area (Å²) in [4.78, 5) is 91.2. The molecule has 0 saturated heterocycles. The molecule has 6 aromatic heterocycles. The van der Waals surface area contributed by atoms with Gasteiger partial charge in [0.05, 0.1) is 64.4 Å². The molecule has 0 amide bonds. The van der Waals surface area contributed by atoms with Gasteiger partial charge in [-0.15, -0.1) is 0 Å². The van der Waals surface area contributed by atoms with Crippen molar-refractivity contribution in [3.05, 3.63) is 172 Å². The van der Waals surface area contributed by atoms with Crippen molar-refractivity contribution in [2.45, 2.75) is 200 Å². The summed E-state index contributed by atoms with van der Waals surface area (Å²) in [5.74, 6) is 0. The van der Waals surface area contributed by atoms with E-state index in [0.717, 1.165) is 72.6 Å². The van der Waals surface area contributed by atoms with Crippen molar-refractivity contribution in [1.82, 2.24) is 56.1 Å². The molecule has 25 nitrogen and oxygen atoms in total. The fraction of sp³-hybridized carbons (Fsp3) is 0.554. The van der Waals surface area contributed by atoms with E-state index in [1.165, 1.54) is 93.5 Å². The second-order valence-electron chi connectivity index (χ2n) is 26.3. The Morgan fingerprint density at radius 2 is 0.718 bits per heavy atom. The van der Waals surface area contributed by atoms with Gasteiger partial charge in [0.25, 0.3) is 28.7 Å². The van der Waals surface area contributed by atoms with Gasteiger partial charge in [-0.1, -0.05) is 156 Å². The van der Waals surface area contributed by atoms with Gasteiger partial charge < -0.3 is 38.5 Å². The summed E-state index contributed by atoms with van der Waals surface area (Å²) < 4.78 is 43.0. The molecule has 0 unspecified atom stereocenters. The summed E-state index contributed by atoms with van der Waals surface area (Å²) in [6.07, 6.45) is 22.6. The van der Waals surface area contributed by atoms with Crippen LogP contribution >= 0.6 is 50.7 Å². The molecule has 6 heterocycles. The second-order valence-corrected chi connectivity index (χ2v) is 28.3. The molecule has 3 aliphatic rings. The Morgan fingerprint density at radius 1 is 0.408 bits per heavy atom. The highest BCUT2D eigenvalue weighted by Crippen LogP contribution is 2.27. The molecule has 3 aliphatic carbocycles. The number of nitrogens with zero attached hydrogens (tertiary/aromatic N) is 12. The quantitative estimate of drug-likeness (QED) is 0.0341. The largest absolute Gasteiger partial charge is 0.462 e. The molecule has 103 heavy (non-hydrogen) atoms. The molecule has 12 rings (SSSR count). The molecule has 9 aromatic rings. The van der Waals surface area contributed by atoms with Crippen molar-refractivity contribution in [2.24, 2.45) is 21.1 Å². The van der Waals surface area contributed by atoms with E-state index in [4.69, 9.17) is 63.6 Å². The Bertz CT molecular complexity index is 4390. The normalized spacial score (nSPS) is 14.5. The van der Waals surface area contributed by atoms with Gasteiger partial charge in [0.1, 0.15) is 13.2 Å². The van der Waals surface area contributed by atoms with E-state index in [1.807, 2.05) is 62.4 Å². The van der Waals surface area contributed by atoms with Crippen LogP contribution in [0.25, 0.3) is 33.5 Å². The van der Waals surface area contributed by atoms with Crippen LogP contribution in [-0.4, -0.2) is 131 Å². The first kappa shape index (κ1) is 80.0. The maximum atomic E-state index is 13.4. The third-order valence-electron chi connectivity index (χ3n) is 18.8. The minimum absolute atomic E-state index is 0.118. The average Bonchev–Trinajstić information content (AvgIpc) is 1.64. The summed E-state index contributed by atoms with van der Waals surface area (Å²) in [5, 5.41) is 19.6. The van der Waals surface area contributed by atoms with Gasteiger partial charge in [-0.25, -0.2) is 19.4 Å². The number of aliphatic hydroxyl groups excluding tert-OH is 2. The Labute approximate surface area is 621 Å². The number of aliphatic hydroxyl groups is 2. The molecule has 0 atom stereocenters. The Hall–Kier alpha value is -7.14. The summed E-state index contributed by atoms with van der Waals surface area (Å²) in [6, 6.07) is 22.7. The lowest BCUT2D eigenvalue weighted by Crippen LogP contribution is -2.39. The summed E-state index contributed by atoms with van der Waals surface area (Å²) >= 11 is 21.4. The van der Waals surface area contributed by atoms with Gasteiger partial charge in [-0.3, -0.25) is 50.9 Å². The lowest BCUT2D eigenvalue weighted by Gasteiger charge is -2.21. The minimum Gasteiger partial charge on any atom is -0.462 e. The van der Waals surface area contributed by atoms with Gasteiger partial charge in [0.2, 0.25) is 0 Å². The highest BCUT2D eigenvalue weighted by atomic mass is 79.9. The number of halogens is 4. The fourth-order valence-corrected chi connectivity index (χ4v) is 13.9. The second kappa shape index (κ2) is 39.8. The number of aryl methyl sites for hydroxylation is 3. The summed E-state index contributed by atoms with van der Waals surface area (Å²) in [5.41, 5.74) is 2.55.